The maximum Gasteiger partial charge on any atom is 0.225 e. The van der Waals surface area contributed by atoms with Crippen LogP contribution in [-0.2, 0) is 16.1 Å². The van der Waals surface area contributed by atoms with Crippen molar-refractivity contribution in [1.29, 1.82) is 0 Å². The predicted molar refractivity (Wildman–Crippen MR) is 119 cm³/mol. The van der Waals surface area contributed by atoms with Gasteiger partial charge in [-0.15, -0.1) is 0 Å². The third kappa shape index (κ3) is 6.27. The molecule has 0 aliphatic carbocycles. The molecule has 2 amide bonds. The van der Waals surface area contributed by atoms with Crippen LogP contribution in [0, 0.1) is 5.82 Å². The molecule has 0 aromatic heterocycles. The van der Waals surface area contributed by atoms with Gasteiger partial charge in [0.1, 0.15) is 5.82 Å². The molecule has 1 aliphatic heterocycles. The van der Waals surface area contributed by atoms with Gasteiger partial charge >= 0.3 is 0 Å². The first-order chi connectivity index (χ1) is 14.3. The molecule has 160 valence electrons. The molecule has 1 unspecified atom stereocenters. The number of piperazine rings is 1. The molecule has 30 heavy (non-hydrogen) atoms. The van der Waals surface area contributed by atoms with E-state index in [0.29, 0.717) is 37.7 Å². The highest BCUT2D eigenvalue weighted by molar-refractivity contribution is 9.10. The standard InChI is InChI=1S/C22H24BrClFN3O2/c1-15(29)26-21(16-2-5-18(23)6-3-16)13-22(30)28-10-8-27(9-11-28)14-17-4-7-19(25)12-20(17)24/h2-7,12,21H,8-11,13-14H2,1H3,(H,26,29). The molecule has 0 saturated carbocycles. The summed E-state index contributed by atoms with van der Waals surface area (Å²) >= 11 is 9.53. The van der Waals surface area contributed by atoms with Crippen LogP contribution in [0.2, 0.25) is 5.02 Å². The van der Waals surface area contributed by atoms with Crippen LogP contribution < -0.4 is 5.32 Å². The van der Waals surface area contributed by atoms with Crippen molar-refractivity contribution in [2.75, 3.05) is 26.2 Å². The fourth-order valence-corrected chi connectivity index (χ4v) is 4.03. The van der Waals surface area contributed by atoms with Gasteiger partial charge in [-0.25, -0.2) is 4.39 Å². The Balaban J connectivity index is 1.56. The first kappa shape index (κ1) is 22.7. The van der Waals surface area contributed by atoms with E-state index >= 15 is 0 Å². The van der Waals surface area contributed by atoms with Crippen LogP contribution in [0.4, 0.5) is 4.39 Å². The van der Waals surface area contributed by atoms with Crippen molar-refractivity contribution in [2.45, 2.75) is 25.9 Å². The summed E-state index contributed by atoms with van der Waals surface area (Å²) in [6.45, 7) is 4.70. The number of halogens is 3. The van der Waals surface area contributed by atoms with Crippen molar-refractivity contribution in [3.05, 3.63) is 68.9 Å². The minimum Gasteiger partial charge on any atom is -0.349 e. The summed E-state index contributed by atoms with van der Waals surface area (Å²) in [6, 6.07) is 11.7. The van der Waals surface area contributed by atoms with E-state index in [1.54, 1.807) is 6.07 Å². The highest BCUT2D eigenvalue weighted by Gasteiger charge is 2.25. The Bertz CT molecular complexity index is 902. The summed E-state index contributed by atoms with van der Waals surface area (Å²) in [4.78, 5) is 28.5. The van der Waals surface area contributed by atoms with Crippen molar-refractivity contribution >= 4 is 39.3 Å². The van der Waals surface area contributed by atoms with Crippen molar-refractivity contribution in [1.82, 2.24) is 15.1 Å². The second-order valence-corrected chi connectivity index (χ2v) is 8.72. The number of benzene rings is 2. The Morgan fingerprint density at radius 3 is 2.40 bits per heavy atom. The summed E-state index contributed by atoms with van der Waals surface area (Å²) in [5, 5.41) is 3.30. The molecule has 1 aliphatic rings. The first-order valence-electron chi connectivity index (χ1n) is 9.78. The number of carbonyl (C=O) groups excluding carboxylic acids is 2. The van der Waals surface area contributed by atoms with Gasteiger partial charge in [0.15, 0.2) is 0 Å². The molecule has 0 spiro atoms. The lowest BCUT2D eigenvalue weighted by atomic mass is 10.0. The molecule has 2 aromatic rings. The molecule has 2 aromatic carbocycles. The van der Waals surface area contributed by atoms with Gasteiger partial charge in [-0.2, -0.15) is 0 Å². The average molecular weight is 497 g/mol. The summed E-state index contributed by atoms with van der Waals surface area (Å²) < 4.78 is 14.2. The SMILES string of the molecule is CC(=O)NC(CC(=O)N1CCN(Cc2ccc(F)cc2Cl)CC1)c1ccc(Br)cc1. The Kier molecular flexibility index (Phi) is 7.86. The summed E-state index contributed by atoms with van der Waals surface area (Å²) in [7, 11) is 0. The van der Waals surface area contributed by atoms with E-state index in [2.05, 4.69) is 26.1 Å². The third-order valence-electron chi connectivity index (χ3n) is 5.16. The Labute approximate surface area is 189 Å². The van der Waals surface area contributed by atoms with Gasteiger partial charge < -0.3 is 10.2 Å². The van der Waals surface area contributed by atoms with Crippen LogP contribution in [0.3, 0.4) is 0 Å². The lowest BCUT2D eigenvalue weighted by Crippen LogP contribution is -2.49. The maximum atomic E-state index is 13.2. The van der Waals surface area contributed by atoms with Crippen molar-refractivity contribution in [2.24, 2.45) is 0 Å². The zero-order valence-corrected chi connectivity index (χ0v) is 19.0. The lowest BCUT2D eigenvalue weighted by molar-refractivity contribution is -0.133. The van der Waals surface area contributed by atoms with E-state index in [1.807, 2.05) is 29.2 Å². The average Bonchev–Trinajstić information content (AvgIpc) is 2.70. The van der Waals surface area contributed by atoms with Crippen molar-refractivity contribution in [3.63, 3.8) is 0 Å². The molecular weight excluding hydrogens is 473 g/mol. The number of nitrogens with one attached hydrogen (secondary N) is 1. The second kappa shape index (κ2) is 10.4. The number of amides is 2. The molecular formula is C22H24BrClFN3O2. The molecule has 0 radical (unpaired) electrons. The van der Waals surface area contributed by atoms with Crippen molar-refractivity contribution < 1.29 is 14.0 Å². The normalized spacial score (nSPS) is 15.7. The predicted octanol–water partition coefficient (Wildman–Crippen LogP) is 4.15. The minimum absolute atomic E-state index is 0.0103. The number of rotatable bonds is 6. The van der Waals surface area contributed by atoms with Gasteiger partial charge in [-0.1, -0.05) is 45.7 Å². The maximum absolute atomic E-state index is 13.2. The monoisotopic (exact) mass is 495 g/mol. The number of hydrogen-bond acceptors (Lipinski definition) is 3. The quantitative estimate of drug-likeness (QED) is 0.654. The van der Waals surface area contributed by atoms with Gasteiger partial charge in [0.05, 0.1) is 12.5 Å². The van der Waals surface area contributed by atoms with Gasteiger partial charge in [0.25, 0.3) is 0 Å². The van der Waals surface area contributed by atoms with Crippen molar-refractivity contribution in [3.8, 4) is 0 Å². The summed E-state index contributed by atoms with van der Waals surface area (Å²) in [5.41, 5.74) is 1.77. The van der Waals surface area contributed by atoms with E-state index in [9.17, 15) is 14.0 Å². The van der Waals surface area contributed by atoms with E-state index in [0.717, 1.165) is 15.6 Å². The van der Waals surface area contributed by atoms with Gasteiger partial charge in [0.2, 0.25) is 11.8 Å². The van der Waals surface area contributed by atoms with Crippen LogP contribution in [0.1, 0.15) is 30.5 Å². The molecule has 0 bridgehead atoms. The zero-order chi connectivity index (χ0) is 21.7. The first-order valence-corrected chi connectivity index (χ1v) is 11.0. The summed E-state index contributed by atoms with van der Waals surface area (Å²) in [5.74, 6) is -0.508. The summed E-state index contributed by atoms with van der Waals surface area (Å²) in [6.07, 6.45) is 0.213. The van der Waals surface area contributed by atoms with Gasteiger partial charge in [-0.3, -0.25) is 14.5 Å². The molecule has 5 nitrogen and oxygen atoms in total. The van der Waals surface area contributed by atoms with E-state index in [-0.39, 0.29) is 30.1 Å². The number of carbonyl (C=O) groups is 2. The molecule has 1 fully saturated rings. The van der Waals surface area contributed by atoms with Crippen LogP contribution in [0.15, 0.2) is 46.9 Å². The van der Waals surface area contributed by atoms with Crippen LogP contribution in [-0.4, -0.2) is 47.8 Å². The topological polar surface area (TPSA) is 52.7 Å². The number of hydrogen-bond donors (Lipinski definition) is 1. The number of nitrogens with zero attached hydrogens (tertiary/aromatic N) is 2. The van der Waals surface area contributed by atoms with E-state index < -0.39 is 0 Å². The van der Waals surface area contributed by atoms with Gasteiger partial charge in [0, 0.05) is 49.1 Å². The molecule has 1 heterocycles. The molecule has 3 rings (SSSR count). The lowest BCUT2D eigenvalue weighted by Gasteiger charge is -2.35. The van der Waals surface area contributed by atoms with Gasteiger partial charge in [-0.05, 0) is 35.4 Å². The van der Waals surface area contributed by atoms with Crippen LogP contribution in [0.25, 0.3) is 0 Å². The second-order valence-electron chi connectivity index (χ2n) is 7.40. The van der Waals surface area contributed by atoms with E-state index in [1.165, 1.54) is 19.1 Å². The molecule has 1 atom stereocenters. The largest absolute Gasteiger partial charge is 0.349 e. The molecule has 1 N–H and O–H groups in total. The Morgan fingerprint density at radius 1 is 1.13 bits per heavy atom. The zero-order valence-electron chi connectivity index (χ0n) is 16.7. The minimum atomic E-state index is -0.362. The Morgan fingerprint density at radius 2 is 1.80 bits per heavy atom. The molecule has 1 saturated heterocycles. The van der Waals surface area contributed by atoms with E-state index in [4.69, 9.17) is 11.6 Å². The van der Waals surface area contributed by atoms with Crippen LogP contribution >= 0.6 is 27.5 Å². The Hall–Kier alpha value is -1.96. The third-order valence-corrected chi connectivity index (χ3v) is 6.04. The van der Waals surface area contributed by atoms with Crippen LogP contribution in [0.5, 0.6) is 0 Å². The highest BCUT2D eigenvalue weighted by atomic mass is 79.9. The smallest absolute Gasteiger partial charge is 0.225 e. The molecule has 8 heteroatoms. The fourth-order valence-electron chi connectivity index (χ4n) is 3.54. The fraction of sp³-hybridized carbons (Fsp3) is 0.364. The highest BCUT2D eigenvalue weighted by Crippen LogP contribution is 2.22.